The Labute approximate surface area is 124 Å². The van der Waals surface area contributed by atoms with Gasteiger partial charge in [0.05, 0.1) is 0 Å². The lowest BCUT2D eigenvalue weighted by Gasteiger charge is -2.31. The molecule has 7 heteroatoms. The van der Waals surface area contributed by atoms with Crippen molar-refractivity contribution in [2.75, 3.05) is 30.7 Å². The van der Waals surface area contributed by atoms with Gasteiger partial charge >= 0.3 is 10.2 Å². The highest BCUT2D eigenvalue weighted by Crippen LogP contribution is 2.22. The van der Waals surface area contributed by atoms with E-state index in [1.807, 2.05) is 18.4 Å². The Balaban J connectivity index is 2.05. The van der Waals surface area contributed by atoms with Gasteiger partial charge in [0.1, 0.15) is 0 Å². The van der Waals surface area contributed by atoms with Gasteiger partial charge in [-0.25, -0.2) is 0 Å². The topological polar surface area (TPSA) is 69.6 Å². The van der Waals surface area contributed by atoms with Crippen LogP contribution < -0.4 is 4.72 Å². The number of hydrogen-bond acceptors (Lipinski definition) is 4. The van der Waals surface area contributed by atoms with Gasteiger partial charge in [-0.05, 0) is 49.3 Å². The van der Waals surface area contributed by atoms with Crippen LogP contribution in [0.2, 0.25) is 0 Å². The van der Waals surface area contributed by atoms with Crippen molar-refractivity contribution in [3.05, 3.63) is 24.3 Å². The van der Waals surface area contributed by atoms with Gasteiger partial charge in [-0.3, -0.25) is 4.72 Å². The molecule has 0 aliphatic carbocycles. The molecular weight excluding hydrogens is 296 g/mol. The van der Waals surface area contributed by atoms with Crippen molar-refractivity contribution in [3.8, 4) is 0 Å². The van der Waals surface area contributed by atoms with E-state index >= 15 is 0 Å². The third-order valence-electron chi connectivity index (χ3n) is 3.42. The van der Waals surface area contributed by atoms with Crippen LogP contribution >= 0.6 is 11.8 Å². The Morgan fingerprint density at radius 3 is 2.70 bits per heavy atom. The van der Waals surface area contributed by atoms with E-state index in [1.54, 1.807) is 23.9 Å². The van der Waals surface area contributed by atoms with Crippen LogP contribution in [0.5, 0.6) is 0 Å². The number of rotatable bonds is 5. The Morgan fingerprint density at radius 1 is 1.40 bits per heavy atom. The van der Waals surface area contributed by atoms with Crippen LogP contribution in [0.3, 0.4) is 0 Å². The van der Waals surface area contributed by atoms with Gasteiger partial charge in [0, 0.05) is 30.3 Å². The maximum absolute atomic E-state index is 12.3. The molecule has 0 aromatic heterocycles. The average Bonchev–Trinajstić information content (AvgIpc) is 2.48. The van der Waals surface area contributed by atoms with E-state index in [9.17, 15) is 13.5 Å². The lowest BCUT2D eigenvalue weighted by Crippen LogP contribution is -2.43. The van der Waals surface area contributed by atoms with Gasteiger partial charge in [0.15, 0.2) is 0 Å². The van der Waals surface area contributed by atoms with Crippen LogP contribution in [-0.2, 0) is 10.2 Å². The molecule has 1 aromatic rings. The summed E-state index contributed by atoms with van der Waals surface area (Å²) in [4.78, 5) is 1.09. The zero-order valence-corrected chi connectivity index (χ0v) is 13.1. The minimum atomic E-state index is -3.53. The Morgan fingerprint density at radius 2 is 2.10 bits per heavy atom. The summed E-state index contributed by atoms with van der Waals surface area (Å²) < 4.78 is 28.6. The molecule has 0 bridgehead atoms. The quantitative estimate of drug-likeness (QED) is 0.812. The molecule has 0 amide bonds. The molecule has 1 aromatic carbocycles. The van der Waals surface area contributed by atoms with Gasteiger partial charge in [0.25, 0.3) is 0 Å². The fourth-order valence-corrected chi connectivity index (χ4v) is 4.01. The number of piperidine rings is 1. The molecule has 1 aliphatic heterocycles. The van der Waals surface area contributed by atoms with Crippen molar-refractivity contribution < 1.29 is 13.5 Å². The van der Waals surface area contributed by atoms with E-state index < -0.39 is 10.2 Å². The lowest BCUT2D eigenvalue weighted by molar-refractivity contribution is 0.166. The molecule has 1 atom stereocenters. The van der Waals surface area contributed by atoms with E-state index in [4.69, 9.17) is 0 Å². The smallest absolute Gasteiger partial charge is 0.301 e. The van der Waals surface area contributed by atoms with Crippen LogP contribution in [0.1, 0.15) is 12.8 Å². The standard InChI is InChI=1S/C13H20N2O3S2/c1-19-13-6-4-12(5-7-13)14-20(17,18)15-8-2-3-11(9-15)10-16/h4-7,11,14,16H,2-3,8-10H2,1H3. The summed E-state index contributed by atoms with van der Waals surface area (Å²) in [6.45, 7) is 0.928. The maximum atomic E-state index is 12.3. The molecule has 1 unspecified atom stereocenters. The average molecular weight is 316 g/mol. The number of hydrogen-bond donors (Lipinski definition) is 2. The highest BCUT2D eigenvalue weighted by Gasteiger charge is 2.28. The summed E-state index contributed by atoms with van der Waals surface area (Å²) in [6, 6.07) is 7.29. The number of benzene rings is 1. The number of aliphatic hydroxyl groups excluding tert-OH is 1. The van der Waals surface area contributed by atoms with E-state index in [0.29, 0.717) is 18.8 Å². The summed E-state index contributed by atoms with van der Waals surface area (Å²) in [5, 5.41) is 9.18. The molecule has 5 nitrogen and oxygen atoms in total. The Bertz CT molecular complexity index is 531. The molecule has 2 rings (SSSR count). The van der Waals surface area contributed by atoms with Crippen LogP contribution in [0.15, 0.2) is 29.2 Å². The molecule has 0 radical (unpaired) electrons. The molecule has 1 heterocycles. The largest absolute Gasteiger partial charge is 0.396 e. The first-order valence-electron chi connectivity index (χ1n) is 6.58. The zero-order valence-electron chi connectivity index (χ0n) is 11.4. The summed E-state index contributed by atoms with van der Waals surface area (Å²) in [5.74, 6) is 0.0409. The number of anilines is 1. The van der Waals surface area contributed by atoms with E-state index in [-0.39, 0.29) is 12.5 Å². The second-order valence-corrected chi connectivity index (χ2v) is 7.43. The number of thioether (sulfide) groups is 1. The Hall–Kier alpha value is -0.760. The van der Waals surface area contributed by atoms with Gasteiger partial charge in [-0.2, -0.15) is 12.7 Å². The van der Waals surface area contributed by atoms with Crippen LogP contribution in [0.25, 0.3) is 0 Å². The third-order valence-corrected chi connectivity index (χ3v) is 5.67. The molecule has 112 valence electrons. The molecule has 0 saturated carbocycles. The van der Waals surface area contributed by atoms with Crippen LogP contribution in [-0.4, -0.2) is 43.8 Å². The number of nitrogens with zero attached hydrogens (tertiary/aromatic N) is 1. The Kier molecular flexibility index (Phi) is 5.31. The minimum Gasteiger partial charge on any atom is -0.396 e. The minimum absolute atomic E-state index is 0.0362. The maximum Gasteiger partial charge on any atom is 0.301 e. The lowest BCUT2D eigenvalue weighted by atomic mass is 10.0. The first-order chi connectivity index (χ1) is 9.55. The van der Waals surface area contributed by atoms with Crippen molar-refractivity contribution in [2.24, 2.45) is 5.92 Å². The van der Waals surface area contributed by atoms with Crippen molar-refractivity contribution in [1.29, 1.82) is 0 Å². The van der Waals surface area contributed by atoms with Crippen molar-refractivity contribution in [3.63, 3.8) is 0 Å². The van der Waals surface area contributed by atoms with E-state index in [1.165, 1.54) is 4.31 Å². The number of nitrogens with one attached hydrogen (secondary N) is 1. The summed E-state index contributed by atoms with van der Waals surface area (Å²) >= 11 is 1.61. The molecule has 1 fully saturated rings. The molecule has 1 saturated heterocycles. The fourth-order valence-electron chi connectivity index (χ4n) is 2.27. The summed E-state index contributed by atoms with van der Waals surface area (Å²) in [7, 11) is -3.53. The summed E-state index contributed by atoms with van der Waals surface area (Å²) in [6.07, 6.45) is 3.64. The van der Waals surface area contributed by atoms with Gasteiger partial charge in [-0.15, -0.1) is 11.8 Å². The number of aliphatic hydroxyl groups is 1. The predicted molar refractivity (Wildman–Crippen MR) is 82.1 cm³/mol. The highest BCUT2D eigenvalue weighted by atomic mass is 32.2. The van der Waals surface area contributed by atoms with Crippen molar-refractivity contribution in [1.82, 2.24) is 4.31 Å². The third kappa shape index (κ3) is 3.88. The van der Waals surface area contributed by atoms with Crippen LogP contribution in [0, 0.1) is 5.92 Å². The zero-order chi connectivity index (χ0) is 14.6. The molecule has 2 N–H and O–H groups in total. The fraction of sp³-hybridized carbons (Fsp3) is 0.538. The first kappa shape index (κ1) is 15.6. The van der Waals surface area contributed by atoms with Crippen molar-refractivity contribution >= 4 is 27.7 Å². The predicted octanol–water partition coefficient (Wildman–Crippen LogP) is 1.77. The normalized spacial score (nSPS) is 20.8. The van der Waals surface area contributed by atoms with Crippen molar-refractivity contribution in [2.45, 2.75) is 17.7 Å². The SMILES string of the molecule is CSc1ccc(NS(=O)(=O)N2CCCC(CO)C2)cc1. The monoisotopic (exact) mass is 316 g/mol. The van der Waals surface area contributed by atoms with Crippen LogP contribution in [0.4, 0.5) is 5.69 Å². The van der Waals surface area contributed by atoms with Gasteiger partial charge in [0.2, 0.25) is 0 Å². The van der Waals surface area contributed by atoms with Gasteiger partial charge < -0.3 is 5.11 Å². The second-order valence-electron chi connectivity index (χ2n) is 4.88. The highest BCUT2D eigenvalue weighted by molar-refractivity contribution is 7.98. The second kappa shape index (κ2) is 6.80. The van der Waals surface area contributed by atoms with Gasteiger partial charge in [-0.1, -0.05) is 0 Å². The molecule has 0 spiro atoms. The first-order valence-corrected chi connectivity index (χ1v) is 9.24. The van der Waals surface area contributed by atoms with E-state index in [2.05, 4.69) is 4.72 Å². The molecule has 20 heavy (non-hydrogen) atoms. The molecule has 1 aliphatic rings. The summed E-state index contributed by atoms with van der Waals surface area (Å²) in [5.41, 5.74) is 0.564. The van der Waals surface area contributed by atoms with E-state index in [0.717, 1.165) is 17.7 Å². The molecular formula is C13H20N2O3S2.